The van der Waals surface area contributed by atoms with Crippen molar-refractivity contribution in [1.82, 2.24) is 30.4 Å². The van der Waals surface area contributed by atoms with Crippen LogP contribution in [-0.2, 0) is 22.3 Å². The molecule has 16 heteroatoms. The van der Waals surface area contributed by atoms with Crippen LogP contribution in [0, 0.1) is 0 Å². The molecule has 2 saturated heterocycles. The molecule has 50 heavy (non-hydrogen) atoms. The van der Waals surface area contributed by atoms with Gasteiger partial charge in [-0.25, -0.2) is 23.7 Å². The van der Waals surface area contributed by atoms with Gasteiger partial charge in [-0.15, -0.1) is 0 Å². The molecule has 0 saturated carbocycles. The number of amides is 3. The van der Waals surface area contributed by atoms with Crippen LogP contribution in [0.4, 0.5) is 27.6 Å². The van der Waals surface area contributed by atoms with E-state index in [1.54, 1.807) is 31.2 Å². The average molecular weight is 699 g/mol. The number of amidine groups is 1. The van der Waals surface area contributed by atoms with E-state index in [0.29, 0.717) is 35.3 Å². The average Bonchev–Trinajstić information content (AvgIpc) is 3.08. The number of likely N-dealkylation sites (N-methyl/N-ethyl adjacent to an activating group) is 1. The molecule has 2 aliphatic heterocycles. The summed E-state index contributed by atoms with van der Waals surface area (Å²) < 4.78 is 63.8. The predicted molar refractivity (Wildman–Crippen MR) is 175 cm³/mol. The number of aromatic nitrogens is 2. The largest absolute Gasteiger partial charge is 0.433 e. The van der Waals surface area contributed by atoms with Crippen molar-refractivity contribution >= 4 is 29.2 Å². The van der Waals surface area contributed by atoms with Crippen molar-refractivity contribution in [2.45, 2.75) is 38.0 Å². The Morgan fingerprint density at radius 2 is 1.72 bits per heavy atom. The minimum Gasteiger partial charge on any atom is -0.404 e. The fourth-order valence-electron chi connectivity index (χ4n) is 5.00. The molecule has 0 bridgehead atoms. The second-order valence-electron chi connectivity index (χ2n) is 11.3. The van der Waals surface area contributed by atoms with Crippen molar-refractivity contribution in [3.63, 3.8) is 0 Å². The summed E-state index contributed by atoms with van der Waals surface area (Å²) in [4.78, 5) is 51.3. The number of hydrogen-bond acceptors (Lipinski definition) is 8. The first kappa shape index (κ1) is 37.3. The highest BCUT2D eigenvalue weighted by atomic mass is 19.4. The Kier molecular flexibility index (Phi) is 12.1. The van der Waals surface area contributed by atoms with Gasteiger partial charge >= 0.3 is 6.18 Å². The highest BCUT2D eigenvalue weighted by molar-refractivity contribution is 6.13. The van der Waals surface area contributed by atoms with Gasteiger partial charge in [0.05, 0.1) is 18.8 Å². The third kappa shape index (κ3) is 10.0. The minimum absolute atomic E-state index is 0.0161. The van der Waals surface area contributed by atoms with E-state index in [2.05, 4.69) is 32.2 Å². The Balaban J connectivity index is 0.000000252. The summed E-state index contributed by atoms with van der Waals surface area (Å²) in [6.07, 6.45) is -2.59. The maximum atomic E-state index is 13.0. The zero-order chi connectivity index (χ0) is 36.5. The van der Waals surface area contributed by atoms with Crippen molar-refractivity contribution in [2.24, 2.45) is 10.7 Å². The molecule has 3 amide bonds. The van der Waals surface area contributed by atoms with E-state index in [4.69, 9.17) is 5.73 Å². The Labute approximate surface area is 284 Å². The van der Waals surface area contributed by atoms with Crippen LogP contribution in [0.1, 0.15) is 35.2 Å². The van der Waals surface area contributed by atoms with E-state index >= 15 is 0 Å². The number of para-hydroxylation sites is 1. The number of carbonyl (C=O) groups excluding carboxylic acids is 3. The van der Waals surface area contributed by atoms with E-state index in [1.807, 2.05) is 36.4 Å². The Morgan fingerprint density at radius 1 is 1.08 bits per heavy atom. The number of benzene rings is 2. The summed E-state index contributed by atoms with van der Waals surface area (Å²) >= 11 is 0. The quantitative estimate of drug-likeness (QED) is 0.224. The molecule has 1 unspecified atom stereocenters. The summed E-state index contributed by atoms with van der Waals surface area (Å²) in [6, 6.07) is 18.0. The lowest BCUT2D eigenvalue weighted by Gasteiger charge is -2.38. The van der Waals surface area contributed by atoms with Gasteiger partial charge in [0.15, 0.2) is 0 Å². The smallest absolute Gasteiger partial charge is 0.404 e. The number of hydrogen-bond donors (Lipinski definition) is 3. The second kappa shape index (κ2) is 16.3. The number of nitrogens with two attached hydrogens (primary N) is 1. The number of piperidine rings is 1. The molecular weight excluding hydrogens is 663 g/mol. The van der Waals surface area contributed by atoms with E-state index < -0.39 is 41.5 Å². The van der Waals surface area contributed by atoms with Gasteiger partial charge in [-0.1, -0.05) is 55.1 Å². The van der Waals surface area contributed by atoms with Crippen molar-refractivity contribution in [3.8, 4) is 0 Å². The molecule has 2 fully saturated rings. The molecule has 1 aromatic heterocycles. The van der Waals surface area contributed by atoms with Gasteiger partial charge in [-0.2, -0.15) is 13.2 Å². The van der Waals surface area contributed by atoms with Crippen molar-refractivity contribution < 1.29 is 36.3 Å². The van der Waals surface area contributed by atoms with Gasteiger partial charge in [-0.3, -0.25) is 24.2 Å². The van der Waals surface area contributed by atoms with Gasteiger partial charge in [0.1, 0.15) is 17.6 Å². The molecule has 3 heterocycles. The number of likely N-dealkylation sites (tertiary alicyclic amines) is 2. The fourth-order valence-corrected chi connectivity index (χ4v) is 5.00. The second-order valence-corrected chi connectivity index (χ2v) is 11.3. The maximum absolute atomic E-state index is 13.0. The van der Waals surface area contributed by atoms with Crippen LogP contribution in [0.25, 0.3) is 0 Å². The molecule has 1 atom stereocenters. The predicted octanol–water partition coefficient (Wildman–Crippen LogP) is 4.23. The van der Waals surface area contributed by atoms with Crippen molar-refractivity contribution in [3.05, 3.63) is 114 Å². The summed E-state index contributed by atoms with van der Waals surface area (Å²) in [5.74, 6) is -4.71. The Morgan fingerprint density at radius 3 is 2.30 bits per heavy atom. The van der Waals surface area contributed by atoms with Crippen LogP contribution in [0.5, 0.6) is 0 Å². The van der Waals surface area contributed by atoms with Gasteiger partial charge in [0.2, 0.25) is 11.7 Å². The van der Waals surface area contributed by atoms with E-state index in [1.165, 1.54) is 16.0 Å². The lowest BCUT2D eigenvalue weighted by atomic mass is 9.98. The lowest BCUT2D eigenvalue weighted by Crippen LogP contribution is -2.56. The molecule has 5 rings (SSSR count). The van der Waals surface area contributed by atoms with Crippen molar-refractivity contribution in [1.29, 1.82) is 0 Å². The first-order chi connectivity index (χ1) is 23.7. The molecule has 4 N–H and O–H groups in total. The standard InChI is InChI=1S/C20H19F3N6O2.C14H16F2N2O/c1-2-29-17(26-13-6-4-3-5-7-13)12(11-24)10-14(19(29)31)27-18(30)16-25-9-8-15(28-16)20(21,22)23;1-11(8-18-9-14(15,16)10-18)13(19)17-7-12-5-3-2-4-6-12/h3-9,11,14H,2,10,24H2,1H3,(H,27,30);2-6H,1,7-10H2,(H,17,19)/b12-11-,26-17?;. The third-order valence-corrected chi connectivity index (χ3v) is 7.44. The lowest BCUT2D eigenvalue weighted by molar-refractivity contribution is -0.141. The first-order valence-corrected chi connectivity index (χ1v) is 15.4. The summed E-state index contributed by atoms with van der Waals surface area (Å²) in [7, 11) is 0. The number of alkyl halides is 5. The SMILES string of the molecule is C=C(CN1CC(F)(F)C1)C(=O)NCc1ccccc1.CCN1C(=O)C(NC(=O)c2nccc(C(F)(F)F)n2)C/C(=C/N)C1=Nc1ccccc1. The summed E-state index contributed by atoms with van der Waals surface area (Å²) in [6.45, 7) is 5.63. The van der Waals surface area contributed by atoms with Crippen LogP contribution >= 0.6 is 0 Å². The van der Waals surface area contributed by atoms with E-state index in [-0.39, 0.29) is 38.5 Å². The highest BCUT2D eigenvalue weighted by Crippen LogP contribution is 2.28. The summed E-state index contributed by atoms with van der Waals surface area (Å²) in [5.41, 5.74) is 6.90. The van der Waals surface area contributed by atoms with Gasteiger partial charge in [0.25, 0.3) is 17.7 Å². The van der Waals surface area contributed by atoms with E-state index in [9.17, 15) is 36.3 Å². The van der Waals surface area contributed by atoms with Crippen LogP contribution in [-0.4, -0.2) is 81.5 Å². The molecule has 264 valence electrons. The van der Waals surface area contributed by atoms with Gasteiger partial charge < -0.3 is 16.4 Å². The first-order valence-electron chi connectivity index (χ1n) is 15.4. The molecule has 2 aliphatic rings. The fraction of sp³-hybridized carbons (Fsp3) is 0.294. The molecule has 0 radical (unpaired) electrons. The monoisotopic (exact) mass is 698 g/mol. The zero-order valence-electron chi connectivity index (χ0n) is 27.0. The summed E-state index contributed by atoms with van der Waals surface area (Å²) in [5, 5.41) is 5.12. The number of halogens is 5. The van der Waals surface area contributed by atoms with Crippen LogP contribution in [0.2, 0.25) is 0 Å². The zero-order valence-corrected chi connectivity index (χ0v) is 27.0. The Hall–Kier alpha value is -5.51. The Bertz CT molecular complexity index is 1740. The topological polar surface area (TPSA) is 146 Å². The van der Waals surface area contributed by atoms with E-state index in [0.717, 1.165) is 11.8 Å². The number of aliphatic imine (C=N–C) groups is 1. The normalized spacial score (nSPS) is 18.9. The highest BCUT2D eigenvalue weighted by Gasteiger charge is 2.44. The number of nitrogens with one attached hydrogen (secondary N) is 2. The number of nitrogens with zero attached hydrogens (tertiary/aromatic N) is 5. The number of rotatable bonds is 9. The minimum atomic E-state index is -4.73. The molecule has 0 aliphatic carbocycles. The maximum Gasteiger partial charge on any atom is 0.433 e. The number of carbonyl (C=O) groups is 3. The van der Waals surface area contributed by atoms with Crippen molar-refractivity contribution in [2.75, 3.05) is 26.2 Å². The molecule has 2 aromatic carbocycles. The third-order valence-electron chi connectivity index (χ3n) is 7.44. The molecule has 0 spiro atoms. The molecule has 3 aromatic rings. The van der Waals surface area contributed by atoms with Gasteiger partial charge in [0, 0.05) is 49.6 Å². The van der Waals surface area contributed by atoms with Gasteiger partial charge in [-0.05, 0) is 30.7 Å². The molecule has 11 nitrogen and oxygen atoms in total. The van der Waals surface area contributed by atoms with Crippen LogP contribution in [0.15, 0.2) is 102 Å². The molecular formula is C34H35F5N8O3. The van der Waals surface area contributed by atoms with Crippen LogP contribution in [0.3, 0.4) is 0 Å². The van der Waals surface area contributed by atoms with Crippen LogP contribution < -0.4 is 16.4 Å².